The molecule has 0 radical (unpaired) electrons. The summed E-state index contributed by atoms with van der Waals surface area (Å²) in [4.78, 5) is 49.9. The van der Waals surface area contributed by atoms with Crippen LogP contribution >= 0.6 is 0 Å². The lowest BCUT2D eigenvalue weighted by Gasteiger charge is -2.35. The minimum Gasteiger partial charge on any atom is -0.449 e. The van der Waals surface area contributed by atoms with Crippen LogP contribution in [0.15, 0.2) is 24.3 Å². The maximum atomic E-state index is 12.5. The summed E-state index contributed by atoms with van der Waals surface area (Å²) in [5, 5.41) is 3.01. The molecule has 156 valence electrons. The average molecular weight is 400 g/mol. The zero-order valence-corrected chi connectivity index (χ0v) is 17.1. The predicted molar refractivity (Wildman–Crippen MR) is 107 cm³/mol. The van der Waals surface area contributed by atoms with Crippen LogP contribution in [-0.4, -0.2) is 35.8 Å². The van der Waals surface area contributed by atoms with Crippen LogP contribution < -0.4 is 10.2 Å². The second kappa shape index (κ2) is 8.76. The highest BCUT2D eigenvalue weighted by atomic mass is 16.5. The molecular formula is C22H28N2O5. The van der Waals surface area contributed by atoms with Crippen molar-refractivity contribution in [1.82, 2.24) is 5.32 Å². The molecule has 4 atom stereocenters. The lowest BCUT2D eigenvalue weighted by atomic mass is 9.78. The molecule has 0 aromatic heterocycles. The number of ether oxygens (including phenoxy) is 1. The number of hydrogen-bond donors (Lipinski definition) is 1. The molecule has 1 N–H and O–H groups in total. The summed E-state index contributed by atoms with van der Waals surface area (Å²) in [6.45, 7) is 5.87. The van der Waals surface area contributed by atoms with Crippen LogP contribution in [0.1, 0.15) is 63.2 Å². The molecule has 1 aromatic carbocycles. The van der Waals surface area contributed by atoms with E-state index >= 15 is 0 Å². The van der Waals surface area contributed by atoms with Gasteiger partial charge in [-0.2, -0.15) is 0 Å². The van der Waals surface area contributed by atoms with Gasteiger partial charge >= 0.3 is 5.97 Å². The summed E-state index contributed by atoms with van der Waals surface area (Å²) in [5.41, 5.74) is 0.531. The molecule has 1 heterocycles. The first-order valence-electron chi connectivity index (χ1n) is 10.2. The Morgan fingerprint density at radius 1 is 1.14 bits per heavy atom. The van der Waals surface area contributed by atoms with Crippen molar-refractivity contribution in [1.29, 1.82) is 0 Å². The zero-order chi connectivity index (χ0) is 21.1. The lowest BCUT2D eigenvalue weighted by molar-refractivity contribution is -0.130. The molecule has 3 amide bonds. The highest BCUT2D eigenvalue weighted by Crippen LogP contribution is 2.29. The van der Waals surface area contributed by atoms with Crippen LogP contribution in [0, 0.1) is 11.8 Å². The van der Waals surface area contributed by atoms with Gasteiger partial charge in [-0.05, 0) is 43.4 Å². The fraction of sp³-hybridized carbons (Fsp3) is 0.545. The molecule has 2 fully saturated rings. The number of nitrogens with zero attached hydrogens (tertiary/aromatic N) is 1. The van der Waals surface area contributed by atoms with Gasteiger partial charge < -0.3 is 10.1 Å². The number of hydrogen-bond acceptors (Lipinski definition) is 5. The Labute approximate surface area is 170 Å². The third-order valence-corrected chi connectivity index (χ3v) is 6.08. The Bertz CT molecular complexity index is 805. The molecule has 7 heteroatoms. The van der Waals surface area contributed by atoms with E-state index in [2.05, 4.69) is 19.2 Å². The van der Waals surface area contributed by atoms with E-state index in [0.717, 1.165) is 24.2 Å². The van der Waals surface area contributed by atoms with E-state index in [4.69, 9.17) is 4.74 Å². The fourth-order valence-electron chi connectivity index (χ4n) is 4.00. The molecule has 1 saturated carbocycles. The number of nitrogens with one attached hydrogen (secondary N) is 1. The summed E-state index contributed by atoms with van der Waals surface area (Å²) in [6.07, 6.45) is 2.57. The maximum absolute atomic E-state index is 12.5. The molecule has 2 aliphatic rings. The van der Waals surface area contributed by atoms with E-state index < -0.39 is 12.1 Å². The topological polar surface area (TPSA) is 92.8 Å². The largest absolute Gasteiger partial charge is 0.449 e. The van der Waals surface area contributed by atoms with Crippen LogP contribution in [0.25, 0.3) is 0 Å². The molecule has 7 nitrogen and oxygen atoms in total. The first-order chi connectivity index (χ1) is 13.8. The molecule has 1 aliphatic heterocycles. The minimum absolute atomic E-state index is 0.0860. The van der Waals surface area contributed by atoms with Crippen LogP contribution in [0.3, 0.4) is 0 Å². The van der Waals surface area contributed by atoms with Gasteiger partial charge in [-0.15, -0.1) is 0 Å². The van der Waals surface area contributed by atoms with Gasteiger partial charge in [0.2, 0.25) is 11.8 Å². The van der Waals surface area contributed by atoms with Gasteiger partial charge in [0, 0.05) is 18.9 Å². The van der Waals surface area contributed by atoms with E-state index in [1.165, 1.54) is 12.1 Å². The Balaban J connectivity index is 1.62. The zero-order valence-electron chi connectivity index (χ0n) is 17.1. The van der Waals surface area contributed by atoms with Crippen LogP contribution in [-0.2, 0) is 19.1 Å². The summed E-state index contributed by atoms with van der Waals surface area (Å²) < 4.78 is 5.33. The van der Waals surface area contributed by atoms with Crippen molar-refractivity contribution in [2.75, 3.05) is 4.90 Å². The first kappa shape index (κ1) is 21.0. The number of benzene rings is 1. The smallest absolute Gasteiger partial charge is 0.338 e. The number of carbonyl (C=O) groups is 4. The number of rotatable bonds is 5. The quantitative estimate of drug-likeness (QED) is 0.606. The van der Waals surface area contributed by atoms with E-state index in [-0.39, 0.29) is 42.2 Å². The number of amides is 3. The third kappa shape index (κ3) is 4.66. The van der Waals surface area contributed by atoms with Gasteiger partial charge in [0.25, 0.3) is 5.91 Å². The Kier molecular flexibility index (Phi) is 6.35. The summed E-state index contributed by atoms with van der Waals surface area (Å²) in [6, 6.07) is 6.24. The second-order valence-electron chi connectivity index (χ2n) is 8.10. The number of esters is 1. The number of anilines is 1. The van der Waals surface area contributed by atoms with Crippen LogP contribution in [0.5, 0.6) is 0 Å². The lowest BCUT2D eigenvalue weighted by Crippen LogP contribution is -2.47. The molecule has 0 bridgehead atoms. The van der Waals surface area contributed by atoms with E-state index in [1.807, 2.05) is 0 Å². The van der Waals surface area contributed by atoms with Crippen molar-refractivity contribution in [3.05, 3.63) is 29.8 Å². The average Bonchev–Trinajstić information content (AvgIpc) is 3.03. The Morgan fingerprint density at radius 2 is 1.83 bits per heavy atom. The van der Waals surface area contributed by atoms with E-state index in [0.29, 0.717) is 17.5 Å². The summed E-state index contributed by atoms with van der Waals surface area (Å²) in [7, 11) is 0. The molecule has 1 aromatic rings. The Hall–Kier alpha value is -2.70. The normalized spacial score (nSPS) is 25.6. The highest BCUT2D eigenvalue weighted by Gasteiger charge is 2.32. The van der Waals surface area contributed by atoms with Gasteiger partial charge in [-0.25, -0.2) is 4.79 Å². The van der Waals surface area contributed by atoms with Crippen molar-refractivity contribution in [3.8, 4) is 0 Å². The van der Waals surface area contributed by atoms with Crippen molar-refractivity contribution >= 4 is 29.4 Å². The van der Waals surface area contributed by atoms with Gasteiger partial charge in [0.1, 0.15) is 0 Å². The third-order valence-electron chi connectivity index (χ3n) is 6.08. The maximum Gasteiger partial charge on any atom is 0.338 e. The van der Waals surface area contributed by atoms with Crippen LogP contribution in [0.4, 0.5) is 5.69 Å². The number of imide groups is 1. The molecule has 3 rings (SSSR count). The van der Waals surface area contributed by atoms with Crippen molar-refractivity contribution in [2.45, 2.75) is 65.0 Å². The van der Waals surface area contributed by atoms with Crippen LogP contribution in [0.2, 0.25) is 0 Å². The van der Waals surface area contributed by atoms with Gasteiger partial charge in [0.05, 0.1) is 11.3 Å². The molecule has 29 heavy (non-hydrogen) atoms. The molecule has 0 spiro atoms. The number of carbonyl (C=O) groups excluding carboxylic acids is 4. The SMILES string of the molecule is C[C@@H]1[C@H](C)CCC[C@H]1NC(=O)[C@@H](C)OC(=O)c1cccc(N2C(=O)CCC2=O)c1. The van der Waals surface area contributed by atoms with E-state index in [9.17, 15) is 19.2 Å². The molecule has 1 saturated heterocycles. The summed E-state index contributed by atoms with van der Waals surface area (Å²) >= 11 is 0. The molecule has 1 aliphatic carbocycles. The standard InChI is InChI=1S/C22H28N2O5/c1-13-6-4-9-18(14(13)2)23-21(27)15(3)29-22(28)16-7-5-8-17(12-16)24-19(25)10-11-20(24)26/h5,7-8,12-15,18H,4,6,9-11H2,1-3H3,(H,23,27)/t13-,14-,15-,18-/m1/s1. The Morgan fingerprint density at radius 3 is 2.52 bits per heavy atom. The van der Waals surface area contributed by atoms with Gasteiger partial charge in [-0.1, -0.05) is 32.8 Å². The van der Waals surface area contributed by atoms with Gasteiger partial charge in [-0.3, -0.25) is 19.3 Å². The van der Waals surface area contributed by atoms with Crippen molar-refractivity contribution in [3.63, 3.8) is 0 Å². The van der Waals surface area contributed by atoms with Crippen molar-refractivity contribution < 1.29 is 23.9 Å². The molecule has 0 unspecified atom stereocenters. The highest BCUT2D eigenvalue weighted by molar-refractivity contribution is 6.20. The predicted octanol–water partition coefficient (Wildman–Crippen LogP) is 2.83. The fourth-order valence-corrected chi connectivity index (χ4v) is 4.00. The van der Waals surface area contributed by atoms with Gasteiger partial charge in [0.15, 0.2) is 6.10 Å². The first-order valence-corrected chi connectivity index (χ1v) is 10.2. The second-order valence-corrected chi connectivity index (χ2v) is 8.10. The molecular weight excluding hydrogens is 372 g/mol. The minimum atomic E-state index is -0.939. The summed E-state index contributed by atoms with van der Waals surface area (Å²) in [5.74, 6) is -0.634. The monoisotopic (exact) mass is 400 g/mol. The van der Waals surface area contributed by atoms with E-state index in [1.54, 1.807) is 19.1 Å². The van der Waals surface area contributed by atoms with Crippen molar-refractivity contribution in [2.24, 2.45) is 11.8 Å².